The van der Waals surface area contributed by atoms with Crippen LogP contribution in [0.4, 0.5) is 11.5 Å². The number of carbonyl (C=O) groups excluding carboxylic acids is 2. The Kier molecular flexibility index (Phi) is 4.45. The van der Waals surface area contributed by atoms with Crippen molar-refractivity contribution in [1.29, 1.82) is 0 Å². The quantitative estimate of drug-likeness (QED) is 0.599. The highest BCUT2D eigenvalue weighted by Crippen LogP contribution is 2.23. The van der Waals surface area contributed by atoms with E-state index in [-0.39, 0.29) is 28.6 Å². The minimum Gasteiger partial charge on any atom is -0.306 e. The van der Waals surface area contributed by atoms with E-state index in [1.807, 2.05) is 0 Å². The number of fused-ring (bicyclic) bond motifs is 1. The van der Waals surface area contributed by atoms with Gasteiger partial charge in [-0.05, 0) is 19.9 Å². The Morgan fingerprint density at radius 2 is 2.03 bits per heavy atom. The van der Waals surface area contributed by atoms with Gasteiger partial charge < -0.3 is 5.32 Å². The third kappa shape index (κ3) is 3.13. The zero-order valence-corrected chi connectivity index (χ0v) is 16.2. The molecule has 0 fully saturated rings. The van der Waals surface area contributed by atoms with Gasteiger partial charge in [0.2, 0.25) is 0 Å². The summed E-state index contributed by atoms with van der Waals surface area (Å²) in [6.07, 6.45) is 1.46. The number of nitrogens with zero attached hydrogens (tertiary/aromatic N) is 7. The number of nitro benzene ring substituents is 1. The highest BCUT2D eigenvalue weighted by Gasteiger charge is 2.35. The molecule has 2 aromatic rings. The van der Waals surface area contributed by atoms with E-state index in [4.69, 9.17) is 0 Å². The normalized spacial score (nSPS) is 17.5. The minimum atomic E-state index is -0.638. The van der Waals surface area contributed by atoms with Gasteiger partial charge in [-0.2, -0.15) is 24.9 Å². The van der Waals surface area contributed by atoms with Gasteiger partial charge in [0.05, 0.1) is 10.6 Å². The number of benzene rings is 1. The van der Waals surface area contributed by atoms with Crippen LogP contribution in [0.25, 0.3) is 0 Å². The molecule has 0 saturated carbocycles. The molecule has 0 aliphatic carbocycles. The second-order valence-electron chi connectivity index (χ2n) is 6.73. The van der Waals surface area contributed by atoms with Crippen molar-refractivity contribution in [2.45, 2.75) is 13.8 Å². The van der Waals surface area contributed by atoms with Gasteiger partial charge in [-0.3, -0.25) is 24.7 Å². The second kappa shape index (κ2) is 6.99. The Morgan fingerprint density at radius 3 is 2.77 bits per heavy atom. The number of amidine groups is 1. The van der Waals surface area contributed by atoms with Crippen LogP contribution in [0.15, 0.2) is 39.4 Å². The maximum atomic E-state index is 12.8. The van der Waals surface area contributed by atoms with E-state index in [0.29, 0.717) is 11.5 Å². The summed E-state index contributed by atoms with van der Waals surface area (Å²) >= 11 is 0. The van der Waals surface area contributed by atoms with Crippen molar-refractivity contribution in [3.63, 3.8) is 0 Å². The molecular formula is C18H16N8O4. The standard InChI is InChI=1S/C18H16N8O4/c1-9-7-14(20-16(27)11-5-4-6-13(10(11)2)26(29)30)25(23-9)18-21-15-12(17(28)22-18)8-19-24(15)3/h4-8,12H,1-3H3,(H,20,27). The summed E-state index contributed by atoms with van der Waals surface area (Å²) in [7, 11) is 1.66. The van der Waals surface area contributed by atoms with Crippen molar-refractivity contribution >= 4 is 41.3 Å². The van der Waals surface area contributed by atoms with E-state index >= 15 is 0 Å². The summed E-state index contributed by atoms with van der Waals surface area (Å²) in [5.41, 5.74) is 0.776. The van der Waals surface area contributed by atoms with Gasteiger partial charge >= 0.3 is 0 Å². The fraction of sp³-hybridized carbons (Fsp3) is 0.222. The molecule has 152 valence electrons. The van der Waals surface area contributed by atoms with Gasteiger partial charge in [0.25, 0.3) is 23.5 Å². The van der Waals surface area contributed by atoms with E-state index in [2.05, 4.69) is 25.5 Å². The fourth-order valence-corrected chi connectivity index (χ4v) is 3.19. The lowest BCUT2D eigenvalue weighted by molar-refractivity contribution is -0.385. The molecule has 1 aromatic carbocycles. The van der Waals surface area contributed by atoms with E-state index in [1.54, 1.807) is 20.0 Å². The van der Waals surface area contributed by atoms with E-state index < -0.39 is 22.7 Å². The van der Waals surface area contributed by atoms with Crippen LogP contribution < -0.4 is 5.32 Å². The van der Waals surface area contributed by atoms with Crippen LogP contribution in [-0.2, 0) is 4.79 Å². The number of rotatable bonds is 3. The summed E-state index contributed by atoms with van der Waals surface area (Å²) in [5, 5.41) is 23.6. The van der Waals surface area contributed by atoms with E-state index in [9.17, 15) is 19.7 Å². The number of carbonyl (C=O) groups is 2. The Bertz CT molecular complexity index is 1190. The lowest BCUT2D eigenvalue weighted by Crippen LogP contribution is -2.35. The molecule has 4 rings (SSSR count). The molecule has 1 aromatic heterocycles. The van der Waals surface area contributed by atoms with Gasteiger partial charge in [0.15, 0.2) is 0 Å². The van der Waals surface area contributed by atoms with Gasteiger partial charge in [0.1, 0.15) is 17.6 Å². The minimum absolute atomic E-state index is 0.0113. The van der Waals surface area contributed by atoms with E-state index in [0.717, 1.165) is 0 Å². The third-order valence-electron chi connectivity index (χ3n) is 4.70. The van der Waals surface area contributed by atoms with Crippen LogP contribution in [0.2, 0.25) is 0 Å². The van der Waals surface area contributed by atoms with Crippen LogP contribution in [0, 0.1) is 29.9 Å². The number of aryl methyl sites for hydroxylation is 1. The topological polar surface area (TPSA) is 147 Å². The summed E-state index contributed by atoms with van der Waals surface area (Å²) in [6, 6.07) is 5.84. The van der Waals surface area contributed by atoms with Crippen LogP contribution in [-0.4, -0.2) is 56.6 Å². The van der Waals surface area contributed by atoms with Crippen molar-refractivity contribution in [2.24, 2.45) is 21.0 Å². The number of aromatic nitrogens is 2. The molecule has 0 bridgehead atoms. The summed E-state index contributed by atoms with van der Waals surface area (Å²) < 4.78 is 1.24. The van der Waals surface area contributed by atoms with Gasteiger partial charge in [0, 0.05) is 36.5 Å². The monoisotopic (exact) mass is 408 g/mol. The number of nitro groups is 1. The zero-order chi connectivity index (χ0) is 21.6. The van der Waals surface area contributed by atoms with Gasteiger partial charge in [-0.25, -0.2) is 0 Å². The maximum Gasteiger partial charge on any atom is 0.273 e. The first-order chi connectivity index (χ1) is 14.3. The first-order valence-electron chi connectivity index (χ1n) is 8.87. The van der Waals surface area contributed by atoms with Crippen molar-refractivity contribution in [2.75, 3.05) is 12.4 Å². The Labute approximate surface area is 169 Å². The predicted molar refractivity (Wildman–Crippen MR) is 108 cm³/mol. The molecule has 0 spiro atoms. The Balaban J connectivity index is 1.68. The molecule has 1 unspecified atom stereocenters. The Morgan fingerprint density at radius 1 is 1.27 bits per heavy atom. The Hall–Kier alpha value is -4.22. The van der Waals surface area contributed by atoms with Crippen LogP contribution in [0.5, 0.6) is 0 Å². The van der Waals surface area contributed by atoms with Crippen molar-refractivity contribution in [3.05, 3.63) is 51.2 Å². The number of hydrogen-bond acceptors (Lipinski definition) is 8. The molecule has 0 saturated heterocycles. The zero-order valence-electron chi connectivity index (χ0n) is 16.2. The predicted octanol–water partition coefficient (Wildman–Crippen LogP) is 1.35. The highest BCUT2D eigenvalue weighted by atomic mass is 16.6. The fourth-order valence-electron chi connectivity index (χ4n) is 3.19. The summed E-state index contributed by atoms with van der Waals surface area (Å²) in [4.78, 5) is 44.1. The number of hydrazone groups is 1. The van der Waals surface area contributed by atoms with Crippen molar-refractivity contribution < 1.29 is 14.5 Å². The first-order valence-corrected chi connectivity index (χ1v) is 8.87. The SMILES string of the molecule is Cc1cc(NC(=O)c2cccc([N+](=O)[O-])c2C)n(C2=NC(=O)C3C=NN(C)C3=N2)n1. The lowest BCUT2D eigenvalue weighted by atomic mass is 10.1. The summed E-state index contributed by atoms with van der Waals surface area (Å²) in [5.74, 6) is -1.02. The average Bonchev–Trinajstić information content (AvgIpc) is 3.24. The third-order valence-corrected chi connectivity index (χ3v) is 4.70. The molecule has 12 nitrogen and oxygen atoms in total. The van der Waals surface area contributed by atoms with Gasteiger partial charge in [-0.15, -0.1) is 0 Å². The van der Waals surface area contributed by atoms with Gasteiger partial charge in [-0.1, -0.05) is 6.07 Å². The number of nitrogens with one attached hydrogen (secondary N) is 1. The molecule has 1 atom stereocenters. The summed E-state index contributed by atoms with van der Waals surface area (Å²) in [6.45, 7) is 3.21. The molecule has 3 heterocycles. The molecular weight excluding hydrogens is 392 g/mol. The van der Waals surface area contributed by atoms with Crippen molar-refractivity contribution in [3.8, 4) is 0 Å². The first kappa shape index (κ1) is 19.1. The molecule has 1 N–H and O–H groups in total. The number of anilines is 1. The molecule has 30 heavy (non-hydrogen) atoms. The number of amides is 2. The van der Waals surface area contributed by atoms with Crippen molar-refractivity contribution in [1.82, 2.24) is 14.8 Å². The lowest BCUT2D eigenvalue weighted by Gasteiger charge is -2.17. The number of hydrogen-bond donors (Lipinski definition) is 1. The van der Waals surface area contributed by atoms with E-state index in [1.165, 1.54) is 41.0 Å². The average molecular weight is 408 g/mol. The second-order valence-corrected chi connectivity index (χ2v) is 6.73. The van der Waals surface area contributed by atoms with Crippen LogP contribution >= 0.6 is 0 Å². The number of aliphatic imine (C=N–C) groups is 2. The van der Waals surface area contributed by atoms with Crippen LogP contribution in [0.3, 0.4) is 0 Å². The molecule has 12 heteroatoms. The molecule has 0 radical (unpaired) electrons. The molecule has 2 amide bonds. The molecule has 2 aliphatic heterocycles. The highest BCUT2D eigenvalue weighted by molar-refractivity contribution is 6.24. The smallest absolute Gasteiger partial charge is 0.273 e. The molecule has 2 aliphatic rings. The maximum absolute atomic E-state index is 12.8. The van der Waals surface area contributed by atoms with Crippen LogP contribution in [0.1, 0.15) is 21.6 Å². The largest absolute Gasteiger partial charge is 0.306 e.